The van der Waals surface area contributed by atoms with Gasteiger partial charge in [0, 0.05) is 22.8 Å². The highest BCUT2D eigenvalue weighted by Gasteiger charge is 2.23. The first kappa shape index (κ1) is 18.6. The van der Waals surface area contributed by atoms with Crippen molar-refractivity contribution >= 4 is 50.5 Å². The summed E-state index contributed by atoms with van der Waals surface area (Å²) in [6.07, 6.45) is 1.03. The number of rotatable bonds is 5. The van der Waals surface area contributed by atoms with Gasteiger partial charge in [-0.15, -0.1) is 0 Å². The molecule has 0 unspecified atom stereocenters. The van der Waals surface area contributed by atoms with Crippen LogP contribution in [0.3, 0.4) is 0 Å². The number of benzene rings is 2. The largest absolute Gasteiger partial charge is 0.314 e. The van der Waals surface area contributed by atoms with Crippen molar-refractivity contribution in [2.24, 2.45) is 0 Å². The summed E-state index contributed by atoms with van der Waals surface area (Å²) >= 11 is 11.9. The minimum atomic E-state index is -3.69. The second-order valence-electron chi connectivity index (χ2n) is 5.19. The van der Waals surface area contributed by atoms with Gasteiger partial charge in [0.2, 0.25) is 15.9 Å². The Balaban J connectivity index is 2.32. The summed E-state index contributed by atoms with van der Waals surface area (Å²) in [6.45, 7) is -0.360. The number of para-hydroxylation sites is 1. The second-order valence-corrected chi connectivity index (χ2v) is 7.97. The van der Waals surface area contributed by atoms with Crippen LogP contribution in [-0.4, -0.2) is 34.2 Å². The van der Waals surface area contributed by atoms with Gasteiger partial charge in [-0.05, 0) is 30.3 Å². The van der Waals surface area contributed by atoms with Crippen LogP contribution in [0.2, 0.25) is 10.0 Å². The number of likely N-dealkylation sites (N-methyl/N-ethyl adjacent to an activating group) is 1. The number of hydrogen-bond acceptors (Lipinski definition) is 3. The molecule has 2 rings (SSSR count). The monoisotopic (exact) mass is 386 g/mol. The minimum Gasteiger partial charge on any atom is -0.314 e. The van der Waals surface area contributed by atoms with Gasteiger partial charge in [0.15, 0.2) is 0 Å². The fourth-order valence-electron chi connectivity index (χ4n) is 2.11. The van der Waals surface area contributed by atoms with Crippen molar-refractivity contribution in [2.45, 2.75) is 0 Å². The zero-order valence-electron chi connectivity index (χ0n) is 13.1. The van der Waals surface area contributed by atoms with Gasteiger partial charge >= 0.3 is 0 Å². The molecule has 24 heavy (non-hydrogen) atoms. The van der Waals surface area contributed by atoms with Gasteiger partial charge in [-0.3, -0.25) is 9.10 Å². The first-order chi connectivity index (χ1) is 11.2. The maximum atomic E-state index is 12.5. The summed E-state index contributed by atoms with van der Waals surface area (Å²) in [7, 11) is -2.11. The number of hydrogen-bond donors (Lipinski definition) is 0. The number of amides is 1. The fraction of sp³-hybridized carbons (Fsp3) is 0.188. The standard InChI is InChI=1S/C16H16Cl2N2O3S/c1-19(14-6-4-3-5-7-14)16(21)11-20(24(2,22)23)15-9-12(17)8-13(18)10-15/h3-10H,11H2,1-2H3. The van der Waals surface area contributed by atoms with E-state index in [2.05, 4.69) is 0 Å². The smallest absolute Gasteiger partial charge is 0.247 e. The van der Waals surface area contributed by atoms with Crippen molar-refractivity contribution in [3.63, 3.8) is 0 Å². The van der Waals surface area contributed by atoms with E-state index < -0.39 is 10.0 Å². The maximum absolute atomic E-state index is 12.5. The molecule has 0 spiro atoms. The van der Waals surface area contributed by atoms with E-state index in [1.807, 2.05) is 6.07 Å². The molecule has 0 saturated carbocycles. The Kier molecular flexibility index (Phi) is 5.74. The van der Waals surface area contributed by atoms with Gasteiger partial charge in [-0.25, -0.2) is 8.42 Å². The Hall–Kier alpha value is -1.76. The first-order valence-electron chi connectivity index (χ1n) is 6.94. The topological polar surface area (TPSA) is 57.7 Å². The summed E-state index contributed by atoms with van der Waals surface area (Å²) in [4.78, 5) is 13.9. The van der Waals surface area contributed by atoms with Crippen molar-refractivity contribution in [1.29, 1.82) is 0 Å². The number of carbonyl (C=O) groups excluding carboxylic acids is 1. The molecule has 0 aromatic heterocycles. The average Bonchev–Trinajstić information content (AvgIpc) is 2.50. The number of nitrogens with zero attached hydrogens (tertiary/aromatic N) is 2. The van der Waals surface area contributed by atoms with Crippen LogP contribution in [0.5, 0.6) is 0 Å². The van der Waals surface area contributed by atoms with Gasteiger partial charge in [0.1, 0.15) is 6.54 Å². The molecule has 128 valence electrons. The van der Waals surface area contributed by atoms with Gasteiger partial charge in [0.25, 0.3) is 0 Å². The van der Waals surface area contributed by atoms with E-state index in [1.54, 1.807) is 31.3 Å². The minimum absolute atomic E-state index is 0.241. The molecule has 0 aliphatic rings. The van der Waals surface area contributed by atoms with E-state index in [4.69, 9.17) is 23.2 Å². The highest BCUT2D eigenvalue weighted by molar-refractivity contribution is 7.92. The van der Waals surface area contributed by atoms with Gasteiger partial charge < -0.3 is 4.90 Å². The van der Waals surface area contributed by atoms with Crippen molar-refractivity contribution < 1.29 is 13.2 Å². The lowest BCUT2D eigenvalue weighted by molar-refractivity contribution is -0.116. The molecule has 0 saturated heterocycles. The van der Waals surface area contributed by atoms with Gasteiger partial charge in [-0.2, -0.15) is 0 Å². The highest BCUT2D eigenvalue weighted by Crippen LogP contribution is 2.27. The number of halogens is 2. The molecule has 0 atom stereocenters. The molecule has 0 heterocycles. The lowest BCUT2D eigenvalue weighted by Crippen LogP contribution is -2.41. The van der Waals surface area contributed by atoms with Crippen molar-refractivity contribution in [1.82, 2.24) is 0 Å². The molecule has 0 bridgehead atoms. The van der Waals surface area contributed by atoms with Gasteiger partial charge in [0.05, 0.1) is 11.9 Å². The number of sulfonamides is 1. The Morgan fingerprint density at radius 2 is 1.54 bits per heavy atom. The van der Waals surface area contributed by atoms with E-state index in [0.29, 0.717) is 5.69 Å². The predicted molar refractivity (Wildman–Crippen MR) is 98.5 cm³/mol. The lowest BCUT2D eigenvalue weighted by atomic mass is 10.3. The molecule has 0 aliphatic carbocycles. The number of anilines is 2. The molecule has 2 aromatic carbocycles. The predicted octanol–water partition coefficient (Wildman–Crippen LogP) is 3.42. The van der Waals surface area contributed by atoms with Crippen LogP contribution >= 0.6 is 23.2 Å². The SMILES string of the molecule is CN(C(=O)CN(c1cc(Cl)cc(Cl)c1)S(C)(=O)=O)c1ccccc1. The zero-order valence-corrected chi connectivity index (χ0v) is 15.4. The Labute approximate surface area is 151 Å². The molecule has 0 fully saturated rings. The molecule has 2 aromatic rings. The van der Waals surface area contributed by atoms with Crippen molar-refractivity contribution in [3.05, 3.63) is 58.6 Å². The Morgan fingerprint density at radius 1 is 1.00 bits per heavy atom. The second kappa shape index (κ2) is 7.42. The van der Waals surface area contributed by atoms with Crippen LogP contribution < -0.4 is 9.21 Å². The molecule has 1 amide bonds. The summed E-state index contributed by atoms with van der Waals surface area (Å²) < 4.78 is 25.2. The molecule has 0 N–H and O–H groups in total. The summed E-state index contributed by atoms with van der Waals surface area (Å²) in [5.41, 5.74) is 0.907. The van der Waals surface area contributed by atoms with Crippen LogP contribution in [-0.2, 0) is 14.8 Å². The quantitative estimate of drug-likeness (QED) is 0.790. The normalized spacial score (nSPS) is 11.2. The van der Waals surface area contributed by atoms with E-state index in [-0.39, 0.29) is 28.2 Å². The fourth-order valence-corrected chi connectivity index (χ4v) is 3.46. The van der Waals surface area contributed by atoms with E-state index in [9.17, 15) is 13.2 Å². The molecular formula is C16H16Cl2N2O3S. The number of carbonyl (C=O) groups is 1. The third-order valence-electron chi connectivity index (χ3n) is 3.33. The molecule has 0 aliphatic heterocycles. The third-order valence-corrected chi connectivity index (χ3v) is 4.91. The van der Waals surface area contributed by atoms with Crippen LogP contribution in [0.4, 0.5) is 11.4 Å². The van der Waals surface area contributed by atoms with Crippen LogP contribution in [0.15, 0.2) is 48.5 Å². The Morgan fingerprint density at radius 3 is 2.04 bits per heavy atom. The first-order valence-corrected chi connectivity index (χ1v) is 9.54. The molecule has 0 radical (unpaired) electrons. The van der Waals surface area contributed by atoms with Crippen LogP contribution in [0, 0.1) is 0 Å². The molecule has 8 heteroatoms. The van der Waals surface area contributed by atoms with E-state index in [0.717, 1.165) is 10.6 Å². The van der Waals surface area contributed by atoms with Crippen LogP contribution in [0.25, 0.3) is 0 Å². The molecular weight excluding hydrogens is 371 g/mol. The summed E-state index contributed by atoms with van der Waals surface area (Å²) in [5, 5.41) is 0.574. The third kappa shape index (κ3) is 4.63. The Bertz CT molecular complexity index is 821. The molecule has 5 nitrogen and oxygen atoms in total. The van der Waals surface area contributed by atoms with E-state index in [1.165, 1.54) is 23.1 Å². The zero-order chi connectivity index (χ0) is 17.9. The average molecular weight is 387 g/mol. The lowest BCUT2D eigenvalue weighted by Gasteiger charge is -2.25. The van der Waals surface area contributed by atoms with Gasteiger partial charge in [-0.1, -0.05) is 41.4 Å². The highest BCUT2D eigenvalue weighted by atomic mass is 35.5. The van der Waals surface area contributed by atoms with E-state index >= 15 is 0 Å². The van der Waals surface area contributed by atoms with Crippen LogP contribution in [0.1, 0.15) is 0 Å². The van der Waals surface area contributed by atoms with Crippen molar-refractivity contribution in [2.75, 3.05) is 29.1 Å². The van der Waals surface area contributed by atoms with Crippen molar-refractivity contribution in [3.8, 4) is 0 Å². The summed E-state index contributed by atoms with van der Waals surface area (Å²) in [5.74, 6) is -0.386. The summed E-state index contributed by atoms with van der Waals surface area (Å²) in [6, 6.07) is 13.3. The maximum Gasteiger partial charge on any atom is 0.247 e.